The molecule has 30 heavy (non-hydrogen) atoms. The lowest BCUT2D eigenvalue weighted by atomic mass is 10.2. The van der Waals surface area contributed by atoms with Crippen LogP contribution in [0, 0.1) is 20.2 Å². The third-order valence-corrected chi connectivity index (χ3v) is 3.39. The molecule has 0 radical (unpaired) electrons. The standard InChI is InChI=1S/2C10H9NO4/c2*1-15-10(12)9(11(13)14)7-8-5-3-2-4-6-8/h2*2-7H,1H3/b2*9-7-. The van der Waals surface area contributed by atoms with Gasteiger partial charge >= 0.3 is 23.3 Å². The Morgan fingerprint density at radius 1 is 0.700 bits per heavy atom. The fourth-order valence-electron chi connectivity index (χ4n) is 2.00. The Labute approximate surface area is 171 Å². The Bertz CT molecular complexity index is 874. The third kappa shape index (κ3) is 7.72. The molecule has 0 aromatic heterocycles. The second kappa shape index (κ2) is 12.2. The summed E-state index contributed by atoms with van der Waals surface area (Å²) in [5, 5.41) is 21.1. The lowest BCUT2D eigenvalue weighted by Gasteiger charge is -1.96. The lowest BCUT2D eigenvalue weighted by Crippen LogP contribution is -2.12. The van der Waals surface area contributed by atoms with Crippen molar-refractivity contribution in [2.75, 3.05) is 14.2 Å². The molecule has 2 aromatic rings. The van der Waals surface area contributed by atoms with E-state index in [-0.39, 0.29) is 0 Å². The molecular weight excluding hydrogens is 396 g/mol. The maximum Gasteiger partial charge on any atom is 0.409 e. The fraction of sp³-hybridized carbons (Fsp3) is 0.100. The molecule has 0 bridgehead atoms. The largest absolute Gasteiger partial charge is 0.461 e. The van der Waals surface area contributed by atoms with Crippen LogP contribution in [0.5, 0.6) is 0 Å². The molecule has 0 heterocycles. The van der Waals surface area contributed by atoms with Gasteiger partial charge in [0, 0.05) is 12.2 Å². The molecule has 0 aliphatic rings. The first kappa shape index (κ1) is 23.7. The number of methoxy groups -OCH3 is 2. The van der Waals surface area contributed by atoms with Gasteiger partial charge in [0.25, 0.3) is 0 Å². The van der Waals surface area contributed by atoms with E-state index in [1.165, 1.54) is 12.2 Å². The van der Waals surface area contributed by atoms with Crippen LogP contribution in [0.25, 0.3) is 12.2 Å². The van der Waals surface area contributed by atoms with Gasteiger partial charge in [0.1, 0.15) is 0 Å². The predicted octanol–water partition coefficient (Wildman–Crippen LogP) is 2.95. The zero-order valence-electron chi connectivity index (χ0n) is 16.1. The van der Waals surface area contributed by atoms with Gasteiger partial charge in [0.05, 0.1) is 24.1 Å². The molecule has 0 atom stereocenters. The van der Waals surface area contributed by atoms with Gasteiger partial charge in [-0.25, -0.2) is 9.59 Å². The molecule has 10 nitrogen and oxygen atoms in total. The number of benzene rings is 2. The van der Waals surface area contributed by atoms with E-state index in [1.54, 1.807) is 60.7 Å². The second-order valence-corrected chi connectivity index (χ2v) is 5.38. The number of rotatable bonds is 6. The number of hydrogen-bond acceptors (Lipinski definition) is 8. The quantitative estimate of drug-likeness (QED) is 0.304. The van der Waals surface area contributed by atoms with Crippen molar-refractivity contribution in [2.24, 2.45) is 0 Å². The van der Waals surface area contributed by atoms with Crippen LogP contribution in [0.3, 0.4) is 0 Å². The van der Waals surface area contributed by atoms with E-state index in [9.17, 15) is 29.8 Å². The van der Waals surface area contributed by atoms with Gasteiger partial charge in [-0.1, -0.05) is 60.7 Å². The van der Waals surface area contributed by atoms with Crippen molar-refractivity contribution >= 4 is 24.1 Å². The van der Waals surface area contributed by atoms with Gasteiger partial charge in [-0.2, -0.15) is 0 Å². The number of hydrogen-bond donors (Lipinski definition) is 0. The maximum atomic E-state index is 11.0. The van der Waals surface area contributed by atoms with Crippen LogP contribution in [0.1, 0.15) is 11.1 Å². The number of ether oxygens (including phenoxy) is 2. The van der Waals surface area contributed by atoms with Crippen LogP contribution in [0.4, 0.5) is 0 Å². The molecule has 0 fully saturated rings. The van der Waals surface area contributed by atoms with Gasteiger partial charge in [-0.15, -0.1) is 0 Å². The van der Waals surface area contributed by atoms with Crippen LogP contribution < -0.4 is 0 Å². The summed E-state index contributed by atoms with van der Waals surface area (Å²) in [5.41, 5.74) is -0.00315. The van der Waals surface area contributed by atoms with Crippen molar-refractivity contribution in [3.05, 3.63) is 103 Å². The first-order chi connectivity index (χ1) is 14.3. The van der Waals surface area contributed by atoms with E-state index in [4.69, 9.17) is 0 Å². The Morgan fingerprint density at radius 2 is 1.00 bits per heavy atom. The van der Waals surface area contributed by atoms with Crippen molar-refractivity contribution < 1.29 is 28.9 Å². The minimum Gasteiger partial charge on any atom is -0.461 e. The van der Waals surface area contributed by atoms with Crippen LogP contribution in [-0.4, -0.2) is 36.0 Å². The lowest BCUT2D eigenvalue weighted by molar-refractivity contribution is -0.419. The molecule has 0 spiro atoms. The second-order valence-electron chi connectivity index (χ2n) is 5.38. The molecule has 156 valence electrons. The first-order valence-electron chi connectivity index (χ1n) is 8.29. The molecule has 2 rings (SSSR count). The van der Waals surface area contributed by atoms with E-state index in [2.05, 4.69) is 9.47 Å². The molecule has 0 amide bonds. The Morgan fingerprint density at radius 3 is 1.23 bits per heavy atom. The summed E-state index contributed by atoms with van der Waals surface area (Å²) in [6.45, 7) is 0. The number of nitro groups is 2. The smallest absolute Gasteiger partial charge is 0.409 e. The molecular formula is C20H18N2O8. The first-order valence-corrected chi connectivity index (χ1v) is 8.29. The molecule has 2 aromatic carbocycles. The van der Waals surface area contributed by atoms with E-state index >= 15 is 0 Å². The van der Waals surface area contributed by atoms with Crippen molar-refractivity contribution in [2.45, 2.75) is 0 Å². The Hall–Kier alpha value is -4.34. The zero-order chi connectivity index (χ0) is 22.5. The average Bonchev–Trinajstić information content (AvgIpc) is 2.76. The number of carbonyl (C=O) groups is 2. The highest BCUT2D eigenvalue weighted by Gasteiger charge is 2.22. The highest BCUT2D eigenvalue weighted by atomic mass is 16.6. The SMILES string of the molecule is COC(=O)/C(=C/c1ccccc1)[N+](=O)[O-].COC(=O)/C(=C/c1ccccc1)[N+](=O)[O-]. The molecule has 0 saturated carbocycles. The number of esters is 2. The van der Waals surface area contributed by atoms with Crippen LogP contribution in [0.2, 0.25) is 0 Å². The summed E-state index contributed by atoms with van der Waals surface area (Å²) in [6, 6.07) is 17.1. The van der Waals surface area contributed by atoms with Gasteiger partial charge in [-0.05, 0) is 11.1 Å². The van der Waals surface area contributed by atoms with E-state index in [0.29, 0.717) is 11.1 Å². The molecule has 10 heteroatoms. The highest BCUT2D eigenvalue weighted by Crippen LogP contribution is 2.09. The zero-order valence-corrected chi connectivity index (χ0v) is 16.1. The Kier molecular flexibility index (Phi) is 9.63. The summed E-state index contributed by atoms with van der Waals surface area (Å²) in [4.78, 5) is 41.6. The minimum absolute atomic E-state index is 0.578. The Balaban J connectivity index is 0.000000300. The average molecular weight is 414 g/mol. The van der Waals surface area contributed by atoms with Crippen LogP contribution in [0.15, 0.2) is 72.1 Å². The predicted molar refractivity (Wildman–Crippen MR) is 107 cm³/mol. The fourth-order valence-corrected chi connectivity index (χ4v) is 2.00. The van der Waals surface area contributed by atoms with Gasteiger partial charge < -0.3 is 9.47 Å². The van der Waals surface area contributed by atoms with E-state index in [1.807, 2.05) is 0 Å². The van der Waals surface area contributed by atoms with E-state index < -0.39 is 33.2 Å². The van der Waals surface area contributed by atoms with Gasteiger partial charge in [0.15, 0.2) is 0 Å². The molecule has 0 N–H and O–H groups in total. The number of nitrogens with zero attached hydrogens (tertiary/aromatic N) is 2. The molecule has 0 aliphatic heterocycles. The van der Waals surface area contributed by atoms with E-state index in [0.717, 1.165) is 14.2 Å². The summed E-state index contributed by atoms with van der Waals surface area (Å²) in [6.07, 6.45) is 2.34. The van der Waals surface area contributed by atoms with Crippen LogP contribution >= 0.6 is 0 Å². The molecule has 0 aliphatic carbocycles. The monoisotopic (exact) mass is 414 g/mol. The minimum atomic E-state index is -0.955. The van der Waals surface area contributed by atoms with Gasteiger partial charge in [-0.3, -0.25) is 20.2 Å². The maximum absolute atomic E-state index is 11.0. The van der Waals surface area contributed by atoms with Crippen LogP contribution in [-0.2, 0) is 19.1 Å². The summed E-state index contributed by atoms with van der Waals surface area (Å²) in [5.74, 6) is -1.91. The topological polar surface area (TPSA) is 139 Å². The normalized spacial score (nSPS) is 10.9. The van der Waals surface area contributed by atoms with Crippen molar-refractivity contribution in [3.63, 3.8) is 0 Å². The summed E-state index contributed by atoms with van der Waals surface area (Å²) < 4.78 is 8.59. The highest BCUT2D eigenvalue weighted by molar-refractivity contribution is 5.91. The summed E-state index contributed by atoms with van der Waals surface area (Å²) in [7, 11) is 2.20. The van der Waals surface area contributed by atoms with Crippen molar-refractivity contribution in [1.29, 1.82) is 0 Å². The van der Waals surface area contributed by atoms with Crippen molar-refractivity contribution in [3.8, 4) is 0 Å². The number of carbonyl (C=O) groups excluding carboxylic acids is 2. The third-order valence-electron chi connectivity index (χ3n) is 3.39. The van der Waals surface area contributed by atoms with Gasteiger partial charge in [0.2, 0.25) is 0 Å². The molecule has 0 unspecified atom stereocenters. The molecule has 0 saturated heterocycles. The van der Waals surface area contributed by atoms with Crippen molar-refractivity contribution in [1.82, 2.24) is 0 Å². The summed E-state index contributed by atoms with van der Waals surface area (Å²) >= 11 is 0.